The maximum absolute atomic E-state index is 11.0. The zero-order valence-corrected chi connectivity index (χ0v) is 11.6. The zero-order chi connectivity index (χ0) is 14.5. The van der Waals surface area contributed by atoms with Crippen molar-refractivity contribution < 1.29 is 14.8 Å². The van der Waals surface area contributed by atoms with Gasteiger partial charge in [-0.2, -0.15) is 11.3 Å². The van der Waals surface area contributed by atoms with Crippen LogP contribution in [0.25, 0.3) is 0 Å². The van der Waals surface area contributed by atoms with Crippen LogP contribution in [0.3, 0.4) is 0 Å². The molecule has 2 aromatic rings. The van der Waals surface area contributed by atoms with E-state index in [1.807, 2.05) is 16.8 Å². The van der Waals surface area contributed by atoms with Gasteiger partial charge in [0.2, 0.25) is 0 Å². The Hall–Kier alpha value is -2.12. The predicted molar refractivity (Wildman–Crippen MR) is 77.4 cm³/mol. The number of nitrogens with zero attached hydrogens (tertiary/aromatic N) is 1. The third kappa shape index (κ3) is 3.25. The predicted octanol–water partition coefficient (Wildman–Crippen LogP) is 2.81. The van der Waals surface area contributed by atoms with Crippen molar-refractivity contribution in [3.63, 3.8) is 0 Å². The second-order valence-electron chi connectivity index (χ2n) is 4.09. The number of ether oxygens (including phenoxy) is 1. The molecule has 0 saturated heterocycles. The van der Waals surface area contributed by atoms with Gasteiger partial charge in [0.1, 0.15) is 11.4 Å². The lowest BCUT2D eigenvalue weighted by Crippen LogP contribution is -2.12. The van der Waals surface area contributed by atoms with Crippen molar-refractivity contribution in [2.45, 2.75) is 6.10 Å². The smallest absolute Gasteiger partial charge is 0.292 e. The van der Waals surface area contributed by atoms with Gasteiger partial charge in [-0.3, -0.25) is 10.1 Å². The molecule has 0 aliphatic carbocycles. The summed E-state index contributed by atoms with van der Waals surface area (Å²) in [7, 11) is 1.49. The summed E-state index contributed by atoms with van der Waals surface area (Å²) in [5.41, 5.74) is 1.06. The Kier molecular flexibility index (Phi) is 4.54. The molecule has 0 aliphatic heterocycles. The molecule has 106 valence electrons. The van der Waals surface area contributed by atoms with Gasteiger partial charge < -0.3 is 15.2 Å². The maximum atomic E-state index is 11.0. The van der Waals surface area contributed by atoms with Gasteiger partial charge in [-0.05, 0) is 28.5 Å². The molecule has 6 nitrogen and oxygen atoms in total. The molecule has 0 aliphatic rings. The summed E-state index contributed by atoms with van der Waals surface area (Å²) in [5.74, 6) is 0.517. The van der Waals surface area contributed by atoms with Gasteiger partial charge in [-0.15, -0.1) is 0 Å². The molecule has 1 aromatic carbocycles. The molecule has 1 heterocycles. The fourth-order valence-electron chi connectivity index (χ4n) is 1.73. The van der Waals surface area contributed by atoms with Crippen molar-refractivity contribution in [1.82, 2.24) is 0 Å². The number of anilines is 1. The number of hydrogen-bond donors (Lipinski definition) is 2. The largest absolute Gasteiger partial charge is 0.497 e. The maximum Gasteiger partial charge on any atom is 0.292 e. The Morgan fingerprint density at radius 1 is 1.50 bits per heavy atom. The molecular weight excluding hydrogens is 280 g/mol. The topological polar surface area (TPSA) is 84.6 Å². The summed E-state index contributed by atoms with van der Waals surface area (Å²) in [5, 5.41) is 27.5. The molecule has 0 fully saturated rings. The Morgan fingerprint density at radius 2 is 2.30 bits per heavy atom. The van der Waals surface area contributed by atoms with Crippen molar-refractivity contribution in [3.8, 4) is 5.75 Å². The van der Waals surface area contributed by atoms with E-state index in [9.17, 15) is 15.2 Å². The number of nitro benzene ring substituents is 1. The molecule has 0 bridgehead atoms. The molecule has 0 amide bonds. The molecule has 0 spiro atoms. The summed E-state index contributed by atoms with van der Waals surface area (Å²) >= 11 is 1.49. The Bertz CT molecular complexity index is 586. The van der Waals surface area contributed by atoms with E-state index in [-0.39, 0.29) is 12.2 Å². The molecule has 2 N–H and O–H groups in total. The lowest BCUT2D eigenvalue weighted by atomic mass is 10.2. The van der Waals surface area contributed by atoms with Gasteiger partial charge in [0, 0.05) is 18.7 Å². The minimum atomic E-state index is -0.716. The van der Waals surface area contributed by atoms with Crippen molar-refractivity contribution in [3.05, 3.63) is 50.7 Å². The van der Waals surface area contributed by atoms with Crippen molar-refractivity contribution >= 4 is 22.7 Å². The molecule has 2 rings (SSSR count). The molecule has 1 unspecified atom stereocenters. The number of methoxy groups -OCH3 is 1. The standard InChI is InChI=1S/C13H14N2O4S/c1-19-10-2-3-12(15(17)18)11(6-10)14-7-13(16)9-4-5-20-8-9/h2-6,8,13-14,16H,7H2,1H3. The van der Waals surface area contributed by atoms with E-state index in [0.717, 1.165) is 5.56 Å². The summed E-state index contributed by atoms with van der Waals surface area (Å²) in [6, 6.07) is 6.26. The van der Waals surface area contributed by atoms with Crippen molar-refractivity contribution in [1.29, 1.82) is 0 Å². The van der Waals surface area contributed by atoms with Crippen LogP contribution in [-0.2, 0) is 0 Å². The quantitative estimate of drug-likeness (QED) is 0.632. The molecule has 1 atom stereocenters. The summed E-state index contributed by atoms with van der Waals surface area (Å²) in [6.45, 7) is 0.185. The van der Waals surface area contributed by atoms with Crippen LogP contribution >= 0.6 is 11.3 Å². The Morgan fingerprint density at radius 3 is 2.90 bits per heavy atom. The van der Waals surface area contributed by atoms with Gasteiger partial charge in [0.25, 0.3) is 5.69 Å². The number of nitro groups is 1. The monoisotopic (exact) mass is 294 g/mol. The van der Waals surface area contributed by atoms with Crippen LogP contribution < -0.4 is 10.1 Å². The Balaban J connectivity index is 2.13. The number of thiophene rings is 1. The van der Waals surface area contributed by atoms with Crippen LogP contribution in [0.15, 0.2) is 35.0 Å². The number of rotatable bonds is 6. The molecular formula is C13H14N2O4S. The number of hydrogen-bond acceptors (Lipinski definition) is 6. The summed E-state index contributed by atoms with van der Waals surface area (Å²) in [6.07, 6.45) is -0.716. The second kappa shape index (κ2) is 6.36. The first-order valence-electron chi connectivity index (χ1n) is 5.88. The first-order chi connectivity index (χ1) is 9.61. The van der Waals surface area contributed by atoms with E-state index in [2.05, 4.69) is 5.32 Å². The van der Waals surface area contributed by atoms with E-state index >= 15 is 0 Å². The molecule has 7 heteroatoms. The third-order valence-electron chi connectivity index (χ3n) is 2.81. The van der Waals surface area contributed by atoms with Crippen LogP contribution in [0.5, 0.6) is 5.75 Å². The third-order valence-corrected chi connectivity index (χ3v) is 3.52. The molecule has 0 radical (unpaired) electrons. The highest BCUT2D eigenvalue weighted by Crippen LogP contribution is 2.29. The van der Waals surface area contributed by atoms with Gasteiger partial charge in [-0.1, -0.05) is 0 Å². The number of benzene rings is 1. The zero-order valence-electron chi connectivity index (χ0n) is 10.8. The minimum absolute atomic E-state index is 0.0525. The van der Waals surface area contributed by atoms with Crippen LogP contribution in [0, 0.1) is 10.1 Å². The van der Waals surface area contributed by atoms with Gasteiger partial charge in [0.15, 0.2) is 0 Å². The SMILES string of the molecule is COc1ccc([N+](=O)[O-])c(NCC(O)c2ccsc2)c1. The summed E-state index contributed by atoms with van der Waals surface area (Å²) < 4.78 is 5.05. The lowest BCUT2D eigenvalue weighted by Gasteiger charge is -2.12. The number of nitrogens with one attached hydrogen (secondary N) is 1. The van der Waals surface area contributed by atoms with Gasteiger partial charge in [0.05, 0.1) is 18.1 Å². The minimum Gasteiger partial charge on any atom is -0.497 e. The lowest BCUT2D eigenvalue weighted by molar-refractivity contribution is -0.384. The highest BCUT2D eigenvalue weighted by Gasteiger charge is 2.16. The summed E-state index contributed by atoms with van der Waals surface area (Å²) in [4.78, 5) is 10.5. The van der Waals surface area contributed by atoms with Crippen LogP contribution in [0.2, 0.25) is 0 Å². The van der Waals surface area contributed by atoms with Crippen LogP contribution in [0.1, 0.15) is 11.7 Å². The number of aliphatic hydroxyl groups excluding tert-OH is 1. The van der Waals surface area contributed by atoms with Crippen molar-refractivity contribution in [2.24, 2.45) is 0 Å². The average Bonchev–Trinajstić information content (AvgIpc) is 2.98. The second-order valence-corrected chi connectivity index (χ2v) is 4.87. The normalized spacial score (nSPS) is 11.9. The Labute approximate surface area is 119 Å². The molecule has 1 aromatic heterocycles. The fourth-order valence-corrected chi connectivity index (χ4v) is 2.44. The van der Waals surface area contributed by atoms with E-state index < -0.39 is 11.0 Å². The van der Waals surface area contributed by atoms with Crippen molar-refractivity contribution in [2.75, 3.05) is 19.0 Å². The van der Waals surface area contributed by atoms with E-state index in [1.165, 1.54) is 30.6 Å². The van der Waals surface area contributed by atoms with Crippen LogP contribution in [-0.4, -0.2) is 23.7 Å². The highest BCUT2D eigenvalue weighted by molar-refractivity contribution is 7.07. The van der Waals surface area contributed by atoms with Crippen LogP contribution in [0.4, 0.5) is 11.4 Å². The molecule has 0 saturated carbocycles. The van der Waals surface area contributed by atoms with Gasteiger partial charge in [-0.25, -0.2) is 0 Å². The molecule has 20 heavy (non-hydrogen) atoms. The first-order valence-corrected chi connectivity index (χ1v) is 6.82. The average molecular weight is 294 g/mol. The number of aliphatic hydroxyl groups is 1. The first kappa shape index (κ1) is 14.3. The fraction of sp³-hybridized carbons (Fsp3) is 0.231. The highest BCUT2D eigenvalue weighted by atomic mass is 32.1. The van der Waals surface area contributed by atoms with E-state index in [4.69, 9.17) is 4.74 Å². The van der Waals surface area contributed by atoms with E-state index in [0.29, 0.717) is 11.4 Å². The van der Waals surface area contributed by atoms with E-state index in [1.54, 1.807) is 6.07 Å². The van der Waals surface area contributed by atoms with Gasteiger partial charge >= 0.3 is 0 Å².